The van der Waals surface area contributed by atoms with Crippen LogP contribution in [-0.4, -0.2) is 40.1 Å². The molecule has 1 amide bonds. The molecule has 112 valence electrons. The third kappa shape index (κ3) is 4.13. The summed E-state index contributed by atoms with van der Waals surface area (Å²) in [6.45, 7) is 3.27. The molecule has 0 radical (unpaired) electrons. The average Bonchev–Trinajstić information content (AvgIpc) is 2.94. The molecule has 2 aromatic rings. The lowest BCUT2D eigenvalue weighted by molar-refractivity contribution is 0.0940. The van der Waals surface area contributed by atoms with Crippen LogP contribution in [0.1, 0.15) is 34.5 Å². The SMILES string of the molecule is CCc1nc(C(=O)NCc2ccccc2CN(C)C)n[nH]1. The number of carbonyl (C=O) groups is 1. The maximum absolute atomic E-state index is 12.0. The Labute approximate surface area is 124 Å². The summed E-state index contributed by atoms with van der Waals surface area (Å²) >= 11 is 0. The Morgan fingerprint density at radius 2 is 2.00 bits per heavy atom. The zero-order valence-corrected chi connectivity index (χ0v) is 12.7. The molecule has 0 spiro atoms. The summed E-state index contributed by atoms with van der Waals surface area (Å²) in [5.74, 6) is 0.649. The number of nitrogens with zero attached hydrogens (tertiary/aromatic N) is 3. The molecule has 1 aromatic carbocycles. The van der Waals surface area contributed by atoms with Gasteiger partial charge in [-0.15, -0.1) is 5.10 Å². The molecule has 21 heavy (non-hydrogen) atoms. The number of H-pyrrole nitrogens is 1. The molecule has 0 aliphatic heterocycles. The summed E-state index contributed by atoms with van der Waals surface area (Å²) in [4.78, 5) is 18.2. The Hall–Kier alpha value is -2.21. The van der Waals surface area contributed by atoms with Crippen LogP contribution in [0.2, 0.25) is 0 Å². The maximum Gasteiger partial charge on any atom is 0.291 e. The number of nitrogens with one attached hydrogen (secondary N) is 2. The molecule has 0 saturated carbocycles. The average molecular weight is 287 g/mol. The van der Waals surface area contributed by atoms with Gasteiger partial charge in [0.15, 0.2) is 0 Å². The van der Waals surface area contributed by atoms with E-state index in [1.807, 2.05) is 39.2 Å². The lowest BCUT2D eigenvalue weighted by Gasteiger charge is -2.14. The van der Waals surface area contributed by atoms with Gasteiger partial charge in [-0.05, 0) is 25.2 Å². The van der Waals surface area contributed by atoms with Gasteiger partial charge in [-0.25, -0.2) is 4.98 Å². The Morgan fingerprint density at radius 3 is 2.62 bits per heavy atom. The van der Waals surface area contributed by atoms with E-state index >= 15 is 0 Å². The van der Waals surface area contributed by atoms with Crippen molar-refractivity contribution >= 4 is 5.91 Å². The number of benzene rings is 1. The van der Waals surface area contributed by atoms with Gasteiger partial charge in [0.25, 0.3) is 5.91 Å². The minimum absolute atomic E-state index is 0.192. The largest absolute Gasteiger partial charge is 0.345 e. The predicted molar refractivity (Wildman–Crippen MR) is 80.8 cm³/mol. The number of rotatable bonds is 6. The van der Waals surface area contributed by atoms with E-state index in [4.69, 9.17) is 0 Å². The smallest absolute Gasteiger partial charge is 0.291 e. The summed E-state index contributed by atoms with van der Waals surface area (Å²) in [5.41, 5.74) is 2.30. The Kier molecular flexibility index (Phi) is 5.05. The van der Waals surface area contributed by atoms with Gasteiger partial charge in [0.05, 0.1) is 0 Å². The first-order chi connectivity index (χ1) is 10.1. The van der Waals surface area contributed by atoms with Crippen LogP contribution in [0.3, 0.4) is 0 Å². The molecule has 0 fully saturated rings. The van der Waals surface area contributed by atoms with Gasteiger partial charge in [0.1, 0.15) is 5.82 Å². The summed E-state index contributed by atoms with van der Waals surface area (Å²) in [5, 5.41) is 9.52. The molecule has 0 atom stereocenters. The van der Waals surface area contributed by atoms with Gasteiger partial charge in [0, 0.05) is 19.5 Å². The molecule has 0 bridgehead atoms. The number of aromatic nitrogens is 3. The topological polar surface area (TPSA) is 73.9 Å². The monoisotopic (exact) mass is 287 g/mol. The van der Waals surface area contributed by atoms with Crippen molar-refractivity contribution in [2.45, 2.75) is 26.4 Å². The van der Waals surface area contributed by atoms with Gasteiger partial charge < -0.3 is 10.2 Å². The molecule has 0 aliphatic carbocycles. The summed E-state index contributed by atoms with van der Waals surface area (Å²) in [6.07, 6.45) is 0.728. The highest BCUT2D eigenvalue weighted by Crippen LogP contribution is 2.10. The zero-order valence-electron chi connectivity index (χ0n) is 12.7. The molecular weight excluding hydrogens is 266 g/mol. The van der Waals surface area contributed by atoms with Gasteiger partial charge in [-0.3, -0.25) is 9.89 Å². The van der Waals surface area contributed by atoms with E-state index in [0.29, 0.717) is 12.4 Å². The first-order valence-electron chi connectivity index (χ1n) is 7.01. The normalized spacial score (nSPS) is 10.9. The third-order valence-electron chi connectivity index (χ3n) is 3.11. The van der Waals surface area contributed by atoms with Gasteiger partial charge in [0.2, 0.25) is 5.82 Å². The van der Waals surface area contributed by atoms with Crippen LogP contribution < -0.4 is 5.32 Å². The Balaban J connectivity index is 2.01. The quantitative estimate of drug-likeness (QED) is 0.841. The molecule has 0 saturated heterocycles. The number of hydrogen-bond donors (Lipinski definition) is 2. The fraction of sp³-hybridized carbons (Fsp3) is 0.400. The first kappa shape index (κ1) is 15.2. The highest BCUT2D eigenvalue weighted by atomic mass is 16.2. The molecule has 1 aromatic heterocycles. The van der Waals surface area contributed by atoms with Crippen LogP contribution >= 0.6 is 0 Å². The number of aryl methyl sites for hydroxylation is 1. The minimum Gasteiger partial charge on any atom is -0.345 e. The third-order valence-corrected chi connectivity index (χ3v) is 3.11. The van der Waals surface area contributed by atoms with E-state index < -0.39 is 0 Å². The van der Waals surface area contributed by atoms with Crippen LogP contribution in [0, 0.1) is 0 Å². The van der Waals surface area contributed by atoms with Gasteiger partial charge >= 0.3 is 0 Å². The predicted octanol–water partition coefficient (Wildman–Crippen LogP) is 1.36. The van der Waals surface area contributed by atoms with Crippen molar-refractivity contribution in [2.24, 2.45) is 0 Å². The number of amides is 1. The van der Waals surface area contributed by atoms with E-state index in [-0.39, 0.29) is 11.7 Å². The fourth-order valence-electron chi connectivity index (χ4n) is 2.03. The second-order valence-corrected chi connectivity index (χ2v) is 5.15. The number of hydrogen-bond acceptors (Lipinski definition) is 4. The minimum atomic E-state index is -0.259. The molecule has 0 aliphatic rings. The zero-order chi connectivity index (χ0) is 15.2. The van der Waals surface area contributed by atoms with Crippen molar-refractivity contribution in [3.63, 3.8) is 0 Å². The van der Waals surface area contributed by atoms with Gasteiger partial charge in [-0.1, -0.05) is 31.2 Å². The second-order valence-electron chi connectivity index (χ2n) is 5.15. The van der Waals surface area contributed by atoms with Crippen molar-refractivity contribution in [3.05, 3.63) is 47.0 Å². The summed E-state index contributed by atoms with van der Waals surface area (Å²) < 4.78 is 0. The van der Waals surface area contributed by atoms with Gasteiger partial charge in [-0.2, -0.15) is 0 Å². The van der Waals surface area contributed by atoms with Crippen LogP contribution in [0.4, 0.5) is 0 Å². The second kappa shape index (κ2) is 6.99. The van der Waals surface area contributed by atoms with E-state index in [1.165, 1.54) is 5.56 Å². The maximum atomic E-state index is 12.0. The molecule has 1 heterocycles. The van der Waals surface area contributed by atoms with Crippen molar-refractivity contribution in [1.29, 1.82) is 0 Å². The number of carbonyl (C=O) groups excluding carboxylic acids is 1. The standard InChI is InChI=1S/C15H21N5O/c1-4-13-17-14(19-18-13)15(21)16-9-11-7-5-6-8-12(11)10-20(2)3/h5-8H,4,9-10H2,1-3H3,(H,16,21)(H,17,18,19). The lowest BCUT2D eigenvalue weighted by atomic mass is 10.1. The molecule has 2 N–H and O–H groups in total. The van der Waals surface area contributed by atoms with Crippen molar-refractivity contribution in [1.82, 2.24) is 25.4 Å². The van der Waals surface area contributed by atoms with Crippen LogP contribution in [-0.2, 0) is 19.5 Å². The first-order valence-corrected chi connectivity index (χ1v) is 7.01. The molecule has 6 heteroatoms. The molecular formula is C15H21N5O. The molecule has 2 rings (SSSR count). The van der Waals surface area contributed by atoms with E-state index in [2.05, 4.69) is 31.5 Å². The van der Waals surface area contributed by atoms with Crippen LogP contribution in [0.15, 0.2) is 24.3 Å². The highest BCUT2D eigenvalue weighted by molar-refractivity contribution is 5.90. The summed E-state index contributed by atoms with van der Waals surface area (Å²) in [7, 11) is 4.05. The van der Waals surface area contributed by atoms with E-state index in [0.717, 1.165) is 18.5 Å². The lowest BCUT2D eigenvalue weighted by Crippen LogP contribution is -2.25. The summed E-state index contributed by atoms with van der Waals surface area (Å²) in [6, 6.07) is 8.08. The number of aromatic amines is 1. The molecule has 0 unspecified atom stereocenters. The van der Waals surface area contributed by atoms with E-state index in [1.54, 1.807) is 0 Å². The Bertz CT molecular complexity index is 606. The van der Waals surface area contributed by atoms with Crippen molar-refractivity contribution in [2.75, 3.05) is 14.1 Å². The highest BCUT2D eigenvalue weighted by Gasteiger charge is 2.12. The molecule has 6 nitrogen and oxygen atoms in total. The van der Waals surface area contributed by atoms with Crippen molar-refractivity contribution in [3.8, 4) is 0 Å². The Morgan fingerprint density at radius 1 is 1.29 bits per heavy atom. The van der Waals surface area contributed by atoms with Crippen molar-refractivity contribution < 1.29 is 4.79 Å². The van der Waals surface area contributed by atoms with E-state index in [9.17, 15) is 4.79 Å². The fourth-order valence-corrected chi connectivity index (χ4v) is 2.03. The van der Waals surface area contributed by atoms with Crippen LogP contribution in [0.5, 0.6) is 0 Å². The van der Waals surface area contributed by atoms with Crippen LogP contribution in [0.25, 0.3) is 0 Å².